The number of rotatable bonds is 5. The van der Waals surface area contributed by atoms with Crippen molar-refractivity contribution < 1.29 is 14.3 Å². The number of carbonyl (C=O) groups is 1. The van der Waals surface area contributed by atoms with Crippen molar-refractivity contribution in [3.05, 3.63) is 35.2 Å². The Hall–Kier alpha value is -1.88. The maximum absolute atomic E-state index is 12.0. The first-order valence-corrected chi connectivity index (χ1v) is 7.21. The summed E-state index contributed by atoms with van der Waals surface area (Å²) in [4.78, 5) is 12.0. The van der Waals surface area contributed by atoms with Crippen LogP contribution < -0.4 is 4.74 Å². The molecule has 0 fully saturated rings. The first-order chi connectivity index (χ1) is 9.61. The van der Waals surface area contributed by atoms with Crippen LogP contribution >= 0.6 is 11.5 Å². The van der Waals surface area contributed by atoms with E-state index in [2.05, 4.69) is 4.37 Å². The lowest BCUT2D eigenvalue weighted by molar-refractivity contribution is 0.0460. The first kappa shape index (κ1) is 14.5. The molecule has 2 rings (SSSR count). The average molecular weight is 291 g/mol. The molecule has 1 aromatic carbocycles. The standard InChI is InChI=1S/C15H17NO3S/c1-10(2)8-19-15(17)13-9-20-16-14(13)11-4-6-12(18-3)7-5-11/h4-7,9-10H,8H2,1-3H3. The van der Waals surface area contributed by atoms with Crippen LogP contribution in [0.5, 0.6) is 5.75 Å². The minimum Gasteiger partial charge on any atom is -0.497 e. The Balaban J connectivity index is 2.20. The minimum absolute atomic E-state index is 0.315. The molecule has 0 aliphatic carbocycles. The molecule has 0 aliphatic heterocycles. The van der Waals surface area contributed by atoms with Crippen molar-refractivity contribution in [2.24, 2.45) is 5.92 Å². The highest BCUT2D eigenvalue weighted by Crippen LogP contribution is 2.26. The van der Waals surface area contributed by atoms with Crippen LogP contribution in [-0.2, 0) is 4.74 Å². The second-order valence-corrected chi connectivity index (χ2v) is 5.43. The smallest absolute Gasteiger partial charge is 0.341 e. The molecular formula is C15H17NO3S. The van der Waals surface area contributed by atoms with Gasteiger partial charge in [0.2, 0.25) is 0 Å². The molecule has 0 saturated heterocycles. The zero-order chi connectivity index (χ0) is 14.5. The van der Waals surface area contributed by atoms with E-state index in [4.69, 9.17) is 9.47 Å². The highest BCUT2D eigenvalue weighted by Gasteiger charge is 2.17. The molecule has 0 aliphatic rings. The van der Waals surface area contributed by atoms with Crippen LogP contribution in [0.2, 0.25) is 0 Å². The molecule has 106 valence electrons. The summed E-state index contributed by atoms with van der Waals surface area (Å²) in [5.41, 5.74) is 2.05. The third-order valence-electron chi connectivity index (χ3n) is 2.70. The topological polar surface area (TPSA) is 48.4 Å². The zero-order valence-corrected chi connectivity index (χ0v) is 12.6. The number of benzene rings is 1. The molecule has 4 nitrogen and oxygen atoms in total. The molecule has 0 amide bonds. The van der Waals surface area contributed by atoms with Crippen molar-refractivity contribution in [1.82, 2.24) is 4.37 Å². The average Bonchev–Trinajstić information content (AvgIpc) is 2.94. The summed E-state index contributed by atoms with van der Waals surface area (Å²) in [5.74, 6) is 0.765. The SMILES string of the molecule is COc1ccc(-c2nscc2C(=O)OCC(C)C)cc1. The van der Waals surface area contributed by atoms with Crippen molar-refractivity contribution in [3.8, 4) is 17.0 Å². The molecule has 0 atom stereocenters. The Kier molecular flexibility index (Phi) is 4.74. The summed E-state index contributed by atoms with van der Waals surface area (Å²) in [6.45, 7) is 4.42. The van der Waals surface area contributed by atoms with E-state index in [-0.39, 0.29) is 5.97 Å². The van der Waals surface area contributed by atoms with Crippen LogP contribution in [0.15, 0.2) is 29.6 Å². The summed E-state index contributed by atoms with van der Waals surface area (Å²) in [6.07, 6.45) is 0. The molecule has 0 N–H and O–H groups in total. The molecular weight excluding hydrogens is 274 g/mol. The van der Waals surface area contributed by atoms with Gasteiger partial charge in [0.25, 0.3) is 0 Å². The number of methoxy groups -OCH3 is 1. The van der Waals surface area contributed by atoms with Crippen LogP contribution in [-0.4, -0.2) is 24.1 Å². The van der Waals surface area contributed by atoms with E-state index in [1.807, 2.05) is 38.1 Å². The van der Waals surface area contributed by atoms with Crippen molar-refractivity contribution in [1.29, 1.82) is 0 Å². The zero-order valence-electron chi connectivity index (χ0n) is 11.8. The summed E-state index contributed by atoms with van der Waals surface area (Å²) in [5, 5.41) is 1.72. The van der Waals surface area contributed by atoms with E-state index in [0.717, 1.165) is 11.3 Å². The Morgan fingerprint density at radius 3 is 2.60 bits per heavy atom. The molecule has 5 heteroatoms. The quantitative estimate of drug-likeness (QED) is 0.789. The number of carbonyl (C=O) groups excluding carboxylic acids is 1. The molecule has 1 aromatic heterocycles. The van der Waals surface area contributed by atoms with Gasteiger partial charge < -0.3 is 9.47 Å². The van der Waals surface area contributed by atoms with E-state index in [1.54, 1.807) is 12.5 Å². The number of esters is 1. The molecule has 20 heavy (non-hydrogen) atoms. The lowest BCUT2D eigenvalue weighted by Gasteiger charge is -2.07. The normalized spacial score (nSPS) is 10.6. The number of ether oxygens (including phenoxy) is 2. The lowest BCUT2D eigenvalue weighted by atomic mass is 10.1. The van der Waals surface area contributed by atoms with Gasteiger partial charge in [0.15, 0.2) is 0 Å². The fourth-order valence-electron chi connectivity index (χ4n) is 1.66. The summed E-state index contributed by atoms with van der Waals surface area (Å²) >= 11 is 1.25. The predicted molar refractivity (Wildman–Crippen MR) is 79.2 cm³/mol. The van der Waals surface area contributed by atoms with E-state index in [0.29, 0.717) is 23.8 Å². The van der Waals surface area contributed by atoms with E-state index >= 15 is 0 Å². The third-order valence-corrected chi connectivity index (χ3v) is 3.33. The van der Waals surface area contributed by atoms with Crippen LogP contribution in [0.1, 0.15) is 24.2 Å². The van der Waals surface area contributed by atoms with Crippen LogP contribution in [0, 0.1) is 5.92 Å². The van der Waals surface area contributed by atoms with Crippen molar-refractivity contribution in [3.63, 3.8) is 0 Å². The Morgan fingerprint density at radius 1 is 1.30 bits per heavy atom. The fraction of sp³-hybridized carbons (Fsp3) is 0.333. The van der Waals surface area contributed by atoms with Crippen molar-refractivity contribution >= 4 is 17.5 Å². The Labute approximate surface area is 122 Å². The van der Waals surface area contributed by atoms with E-state index in [1.165, 1.54) is 11.5 Å². The monoisotopic (exact) mass is 291 g/mol. The van der Waals surface area contributed by atoms with Gasteiger partial charge in [0.1, 0.15) is 5.75 Å². The number of hydrogen-bond donors (Lipinski definition) is 0. The van der Waals surface area contributed by atoms with Crippen LogP contribution in [0.4, 0.5) is 0 Å². The van der Waals surface area contributed by atoms with Crippen molar-refractivity contribution in [2.75, 3.05) is 13.7 Å². The van der Waals surface area contributed by atoms with Crippen LogP contribution in [0.25, 0.3) is 11.3 Å². The van der Waals surface area contributed by atoms with E-state index in [9.17, 15) is 4.79 Å². The number of nitrogens with zero attached hydrogens (tertiary/aromatic N) is 1. The van der Waals surface area contributed by atoms with Gasteiger partial charge >= 0.3 is 5.97 Å². The van der Waals surface area contributed by atoms with Crippen molar-refractivity contribution in [2.45, 2.75) is 13.8 Å². The lowest BCUT2D eigenvalue weighted by Crippen LogP contribution is -2.10. The summed E-state index contributed by atoms with van der Waals surface area (Å²) < 4.78 is 14.7. The molecule has 0 spiro atoms. The largest absolute Gasteiger partial charge is 0.497 e. The molecule has 0 unspecified atom stereocenters. The fourth-order valence-corrected chi connectivity index (χ4v) is 2.33. The predicted octanol–water partition coefficient (Wildman–Crippen LogP) is 3.63. The van der Waals surface area contributed by atoms with Gasteiger partial charge in [-0.25, -0.2) is 4.79 Å². The first-order valence-electron chi connectivity index (χ1n) is 6.37. The highest BCUT2D eigenvalue weighted by atomic mass is 32.1. The van der Waals surface area contributed by atoms with Gasteiger partial charge in [0, 0.05) is 10.9 Å². The Morgan fingerprint density at radius 2 is 2.00 bits per heavy atom. The maximum atomic E-state index is 12.0. The van der Waals surface area contributed by atoms with E-state index < -0.39 is 0 Å². The Bertz CT molecular complexity index is 575. The summed E-state index contributed by atoms with van der Waals surface area (Å²) in [6, 6.07) is 7.45. The van der Waals surface area contributed by atoms with Gasteiger partial charge in [-0.1, -0.05) is 13.8 Å². The second kappa shape index (κ2) is 6.52. The molecule has 2 aromatic rings. The van der Waals surface area contributed by atoms with Gasteiger partial charge in [0.05, 0.1) is 25.0 Å². The third kappa shape index (κ3) is 3.36. The maximum Gasteiger partial charge on any atom is 0.341 e. The number of aromatic nitrogens is 1. The van der Waals surface area contributed by atoms with Gasteiger partial charge in [-0.3, -0.25) is 0 Å². The van der Waals surface area contributed by atoms with Gasteiger partial charge in [-0.05, 0) is 41.7 Å². The number of hydrogen-bond acceptors (Lipinski definition) is 5. The molecule has 0 bridgehead atoms. The highest BCUT2D eigenvalue weighted by molar-refractivity contribution is 7.04. The molecule has 1 heterocycles. The van der Waals surface area contributed by atoms with Gasteiger partial charge in [-0.2, -0.15) is 4.37 Å². The van der Waals surface area contributed by atoms with Gasteiger partial charge in [-0.15, -0.1) is 0 Å². The summed E-state index contributed by atoms with van der Waals surface area (Å²) in [7, 11) is 1.62. The second-order valence-electron chi connectivity index (χ2n) is 4.80. The minimum atomic E-state index is -0.321. The molecule has 0 saturated carbocycles. The van der Waals surface area contributed by atoms with Crippen LogP contribution in [0.3, 0.4) is 0 Å². The molecule has 0 radical (unpaired) electrons.